The monoisotopic (exact) mass is 414 g/mol. The second kappa shape index (κ2) is 8.06. The third-order valence-corrected chi connectivity index (χ3v) is 5.25. The van der Waals surface area contributed by atoms with Crippen LogP contribution in [-0.4, -0.2) is 43.5 Å². The number of H-pyrrole nitrogens is 1. The number of rotatable bonds is 7. The number of hydrogen-bond acceptors (Lipinski definition) is 6. The smallest absolute Gasteiger partial charge is 0.251 e. The minimum atomic E-state index is -0.0469. The molecular formula is C23H22N6O2. The molecule has 0 spiro atoms. The van der Waals surface area contributed by atoms with Crippen LogP contribution in [0, 0.1) is 0 Å². The molecule has 8 nitrogen and oxygen atoms in total. The fourth-order valence-corrected chi connectivity index (χ4v) is 3.35. The average molecular weight is 414 g/mol. The molecule has 0 radical (unpaired) electrons. The first-order valence-corrected chi connectivity index (χ1v) is 10.3. The Bertz CT molecular complexity index is 1210. The van der Waals surface area contributed by atoms with E-state index in [1.54, 1.807) is 30.6 Å². The molecule has 4 aromatic rings. The molecule has 1 saturated carbocycles. The van der Waals surface area contributed by atoms with Crippen LogP contribution in [0.15, 0.2) is 54.9 Å². The summed E-state index contributed by atoms with van der Waals surface area (Å²) in [6.45, 7) is 0.662. The molecule has 1 fully saturated rings. The van der Waals surface area contributed by atoms with Crippen LogP contribution in [0.4, 0.5) is 5.82 Å². The summed E-state index contributed by atoms with van der Waals surface area (Å²) in [4.78, 5) is 28.8. The lowest BCUT2D eigenvalue weighted by Crippen LogP contribution is -2.25. The van der Waals surface area contributed by atoms with Crippen LogP contribution in [0.3, 0.4) is 0 Å². The predicted molar refractivity (Wildman–Crippen MR) is 118 cm³/mol. The van der Waals surface area contributed by atoms with Crippen LogP contribution in [0.2, 0.25) is 0 Å². The van der Waals surface area contributed by atoms with Gasteiger partial charge >= 0.3 is 0 Å². The van der Waals surface area contributed by atoms with Gasteiger partial charge in [0.15, 0.2) is 17.3 Å². The molecule has 0 aliphatic heterocycles. The number of nitrogens with zero attached hydrogens (tertiary/aromatic N) is 3. The van der Waals surface area contributed by atoms with Crippen LogP contribution in [0.25, 0.3) is 22.6 Å². The van der Waals surface area contributed by atoms with Crippen molar-refractivity contribution in [1.29, 1.82) is 0 Å². The molecule has 156 valence electrons. The van der Waals surface area contributed by atoms with Crippen molar-refractivity contribution in [3.05, 3.63) is 66.0 Å². The molecule has 31 heavy (non-hydrogen) atoms. The van der Waals surface area contributed by atoms with Crippen molar-refractivity contribution in [1.82, 2.24) is 25.3 Å². The number of phenols is 1. The fraction of sp³-hybridized carbons (Fsp3) is 0.217. The van der Waals surface area contributed by atoms with Crippen LogP contribution < -0.4 is 10.6 Å². The van der Waals surface area contributed by atoms with Crippen molar-refractivity contribution < 1.29 is 9.90 Å². The Morgan fingerprint density at radius 2 is 1.84 bits per heavy atom. The van der Waals surface area contributed by atoms with Gasteiger partial charge in [0.2, 0.25) is 0 Å². The Balaban J connectivity index is 1.34. The van der Waals surface area contributed by atoms with Crippen molar-refractivity contribution in [2.75, 3.05) is 11.9 Å². The standard InChI is InChI=1S/C23H22N6O2/c30-18-9-1-14(2-10-18)11-12-24-21-19-22(26-13-25-19)29-20(28-21)15-3-5-16(6-4-15)23(31)27-17-7-8-17/h1-6,9-10,13,17,30H,7-8,11-12H2,(H,27,31)(H2,24,25,26,28,29). The van der Waals surface area contributed by atoms with Gasteiger partial charge in [0.25, 0.3) is 5.91 Å². The Morgan fingerprint density at radius 1 is 1.06 bits per heavy atom. The minimum absolute atomic E-state index is 0.0469. The lowest BCUT2D eigenvalue weighted by Gasteiger charge is -2.09. The zero-order chi connectivity index (χ0) is 21.2. The first-order valence-electron chi connectivity index (χ1n) is 10.3. The first kappa shape index (κ1) is 19.0. The number of fused-ring (bicyclic) bond motifs is 1. The average Bonchev–Trinajstić information content (AvgIpc) is 3.47. The largest absolute Gasteiger partial charge is 0.508 e. The summed E-state index contributed by atoms with van der Waals surface area (Å²) < 4.78 is 0. The van der Waals surface area contributed by atoms with Gasteiger partial charge in [0.05, 0.1) is 6.33 Å². The Labute approximate surface area is 178 Å². The molecule has 1 amide bonds. The SMILES string of the molecule is O=C(NC1CC1)c1ccc(-c2nc(NCCc3ccc(O)cc3)c3[nH]cnc3n2)cc1. The molecule has 2 aromatic carbocycles. The molecule has 5 rings (SSSR count). The summed E-state index contributed by atoms with van der Waals surface area (Å²) in [5.41, 5.74) is 3.88. The third kappa shape index (κ3) is 4.32. The molecule has 0 bridgehead atoms. The number of aromatic hydroxyl groups is 1. The number of nitrogens with one attached hydrogen (secondary N) is 3. The predicted octanol–water partition coefficient (Wildman–Crippen LogP) is 3.27. The van der Waals surface area contributed by atoms with E-state index in [0.29, 0.717) is 35.4 Å². The molecule has 2 aromatic heterocycles. The maximum atomic E-state index is 12.2. The van der Waals surface area contributed by atoms with E-state index in [9.17, 15) is 9.90 Å². The highest BCUT2D eigenvalue weighted by molar-refractivity contribution is 5.95. The highest BCUT2D eigenvalue weighted by atomic mass is 16.3. The topological polar surface area (TPSA) is 116 Å². The van der Waals surface area contributed by atoms with Gasteiger partial charge < -0.3 is 20.7 Å². The van der Waals surface area contributed by atoms with E-state index in [2.05, 4.69) is 30.6 Å². The van der Waals surface area contributed by atoms with Gasteiger partial charge in [-0.1, -0.05) is 24.3 Å². The van der Waals surface area contributed by atoms with Gasteiger partial charge in [0, 0.05) is 23.7 Å². The summed E-state index contributed by atoms with van der Waals surface area (Å²) in [5, 5.41) is 15.8. The Morgan fingerprint density at radius 3 is 2.58 bits per heavy atom. The van der Waals surface area contributed by atoms with Gasteiger partial charge in [-0.05, 0) is 49.1 Å². The quantitative estimate of drug-likeness (QED) is 0.369. The summed E-state index contributed by atoms with van der Waals surface area (Å²) in [5.74, 6) is 1.43. The summed E-state index contributed by atoms with van der Waals surface area (Å²) >= 11 is 0. The fourth-order valence-electron chi connectivity index (χ4n) is 3.35. The lowest BCUT2D eigenvalue weighted by atomic mass is 10.1. The Hall–Kier alpha value is -3.94. The van der Waals surface area contributed by atoms with Gasteiger partial charge in [-0.2, -0.15) is 0 Å². The molecule has 1 aliphatic carbocycles. The lowest BCUT2D eigenvalue weighted by molar-refractivity contribution is 0.0951. The zero-order valence-electron chi connectivity index (χ0n) is 16.8. The van der Waals surface area contributed by atoms with E-state index in [0.717, 1.165) is 35.9 Å². The molecule has 0 atom stereocenters. The number of anilines is 1. The van der Waals surface area contributed by atoms with Crippen molar-refractivity contribution in [2.24, 2.45) is 0 Å². The number of phenolic OH excluding ortho intramolecular Hbond substituents is 1. The number of aromatic amines is 1. The van der Waals surface area contributed by atoms with E-state index in [1.807, 2.05) is 24.3 Å². The van der Waals surface area contributed by atoms with E-state index >= 15 is 0 Å². The van der Waals surface area contributed by atoms with Gasteiger partial charge in [-0.25, -0.2) is 15.0 Å². The maximum Gasteiger partial charge on any atom is 0.251 e. The number of carbonyl (C=O) groups is 1. The van der Waals surface area contributed by atoms with E-state index in [1.165, 1.54) is 0 Å². The van der Waals surface area contributed by atoms with Crippen LogP contribution in [-0.2, 0) is 6.42 Å². The number of imidazole rings is 1. The molecule has 2 heterocycles. The molecule has 4 N–H and O–H groups in total. The highest BCUT2D eigenvalue weighted by Crippen LogP contribution is 2.24. The van der Waals surface area contributed by atoms with E-state index in [-0.39, 0.29) is 11.7 Å². The van der Waals surface area contributed by atoms with Crippen molar-refractivity contribution in [3.63, 3.8) is 0 Å². The molecule has 0 unspecified atom stereocenters. The second-order valence-electron chi connectivity index (χ2n) is 7.67. The number of carbonyl (C=O) groups excluding carboxylic acids is 1. The van der Waals surface area contributed by atoms with Crippen LogP contribution >= 0.6 is 0 Å². The summed E-state index contributed by atoms with van der Waals surface area (Å²) in [6.07, 6.45) is 4.49. The van der Waals surface area contributed by atoms with E-state index < -0.39 is 0 Å². The number of hydrogen-bond donors (Lipinski definition) is 4. The number of benzene rings is 2. The summed E-state index contributed by atoms with van der Waals surface area (Å²) in [6, 6.07) is 14.8. The highest BCUT2D eigenvalue weighted by Gasteiger charge is 2.23. The molecule has 0 saturated heterocycles. The van der Waals surface area contributed by atoms with Crippen LogP contribution in [0.5, 0.6) is 5.75 Å². The van der Waals surface area contributed by atoms with Crippen LogP contribution in [0.1, 0.15) is 28.8 Å². The Kier molecular flexibility index (Phi) is 4.95. The molecule has 8 heteroatoms. The van der Waals surface area contributed by atoms with Crippen molar-refractivity contribution in [2.45, 2.75) is 25.3 Å². The third-order valence-electron chi connectivity index (χ3n) is 5.25. The molecule has 1 aliphatic rings. The second-order valence-corrected chi connectivity index (χ2v) is 7.67. The van der Waals surface area contributed by atoms with Gasteiger partial charge in [-0.3, -0.25) is 4.79 Å². The van der Waals surface area contributed by atoms with Gasteiger partial charge in [0.1, 0.15) is 11.3 Å². The van der Waals surface area contributed by atoms with Crippen molar-refractivity contribution in [3.8, 4) is 17.1 Å². The first-order chi connectivity index (χ1) is 15.2. The normalized spacial score (nSPS) is 13.3. The zero-order valence-corrected chi connectivity index (χ0v) is 16.8. The van der Waals surface area contributed by atoms with Crippen molar-refractivity contribution >= 4 is 22.9 Å². The number of amides is 1. The minimum Gasteiger partial charge on any atom is -0.508 e. The maximum absolute atomic E-state index is 12.2. The van der Waals surface area contributed by atoms with Gasteiger partial charge in [-0.15, -0.1) is 0 Å². The number of aromatic nitrogens is 4. The summed E-state index contributed by atoms with van der Waals surface area (Å²) in [7, 11) is 0. The molecular weight excluding hydrogens is 392 g/mol. The van der Waals surface area contributed by atoms with E-state index in [4.69, 9.17) is 0 Å².